The standard InChI is InChI=1S/C14H21BrN2O7S2/c1-25(19,20)23-5-2-12-13(8-10(15)9-16-12)17-14(18)24-11-3-6-26(21,22)7-4-11/h8-9,11,21-22H,2-7H2,1H3,(H,17,18). The minimum absolute atomic E-state index is 0.0995. The number of pyridine rings is 1. The van der Waals surface area contributed by atoms with Crippen LogP contribution in [0, 0.1) is 0 Å². The first-order valence-corrected chi connectivity index (χ1v) is 12.2. The summed E-state index contributed by atoms with van der Waals surface area (Å²) in [5.74, 6) is 0.439. The zero-order chi connectivity index (χ0) is 19.4. The quantitative estimate of drug-likeness (QED) is 0.537. The van der Waals surface area contributed by atoms with Gasteiger partial charge < -0.3 is 4.74 Å². The van der Waals surface area contributed by atoms with Gasteiger partial charge >= 0.3 is 6.09 Å². The first-order valence-electron chi connectivity index (χ1n) is 7.74. The van der Waals surface area contributed by atoms with Crippen LogP contribution in [-0.2, 0) is 25.5 Å². The molecule has 0 bridgehead atoms. The Kier molecular flexibility index (Phi) is 7.27. The van der Waals surface area contributed by atoms with Gasteiger partial charge in [-0.25, -0.2) is 4.79 Å². The fourth-order valence-electron chi connectivity index (χ4n) is 2.36. The maximum atomic E-state index is 12.1. The number of hydrogen-bond acceptors (Lipinski definition) is 8. The van der Waals surface area contributed by atoms with Crippen molar-refractivity contribution >= 4 is 48.4 Å². The highest BCUT2D eigenvalue weighted by Gasteiger charge is 2.26. The van der Waals surface area contributed by atoms with Gasteiger partial charge in [0.15, 0.2) is 0 Å². The summed E-state index contributed by atoms with van der Waals surface area (Å²) < 4.78 is 51.9. The number of hydrogen-bond donors (Lipinski definition) is 3. The van der Waals surface area contributed by atoms with Crippen LogP contribution in [0.25, 0.3) is 0 Å². The highest BCUT2D eigenvalue weighted by molar-refractivity contribution is 9.10. The van der Waals surface area contributed by atoms with Crippen LogP contribution >= 0.6 is 26.5 Å². The molecule has 26 heavy (non-hydrogen) atoms. The molecule has 1 fully saturated rings. The molecule has 1 amide bonds. The smallest absolute Gasteiger partial charge is 0.411 e. The number of anilines is 1. The lowest BCUT2D eigenvalue weighted by molar-refractivity contribution is 0.103. The Morgan fingerprint density at radius 3 is 2.69 bits per heavy atom. The lowest BCUT2D eigenvalue weighted by atomic mass is 10.2. The summed E-state index contributed by atoms with van der Waals surface area (Å²) in [7, 11) is -6.09. The van der Waals surface area contributed by atoms with Crippen molar-refractivity contribution < 1.29 is 31.2 Å². The number of nitrogens with zero attached hydrogens (tertiary/aromatic N) is 1. The van der Waals surface area contributed by atoms with Crippen LogP contribution < -0.4 is 5.32 Å². The van der Waals surface area contributed by atoms with Crippen LogP contribution in [0.1, 0.15) is 18.5 Å². The fourth-order valence-corrected chi connectivity index (χ4v) is 4.56. The Labute approximate surface area is 162 Å². The van der Waals surface area contributed by atoms with Gasteiger partial charge in [-0.15, -0.1) is 0 Å². The van der Waals surface area contributed by atoms with E-state index in [1.54, 1.807) is 6.07 Å². The average Bonchev–Trinajstić information content (AvgIpc) is 2.50. The molecule has 2 heterocycles. The largest absolute Gasteiger partial charge is 0.446 e. The molecule has 0 spiro atoms. The van der Waals surface area contributed by atoms with Gasteiger partial charge in [0.2, 0.25) is 0 Å². The molecule has 0 atom stereocenters. The van der Waals surface area contributed by atoms with E-state index in [9.17, 15) is 22.3 Å². The number of carbonyl (C=O) groups excluding carboxylic acids is 1. The van der Waals surface area contributed by atoms with Crippen LogP contribution in [0.2, 0.25) is 0 Å². The predicted molar refractivity (Wildman–Crippen MR) is 102 cm³/mol. The predicted octanol–water partition coefficient (Wildman–Crippen LogP) is 2.82. The van der Waals surface area contributed by atoms with Crippen LogP contribution in [-0.4, -0.2) is 59.1 Å². The molecule has 1 saturated heterocycles. The lowest BCUT2D eigenvalue weighted by Crippen LogP contribution is -2.30. The summed E-state index contributed by atoms with van der Waals surface area (Å²) in [6.45, 7) is -0.0995. The number of rotatable bonds is 6. The SMILES string of the molecule is CS(=O)(=O)OCCc1ncc(Br)cc1NC(=O)OC1CCS(O)(O)CC1. The van der Waals surface area contributed by atoms with Gasteiger partial charge in [0.05, 0.1) is 24.2 Å². The zero-order valence-electron chi connectivity index (χ0n) is 14.1. The van der Waals surface area contributed by atoms with E-state index < -0.39 is 26.8 Å². The Morgan fingerprint density at radius 2 is 2.08 bits per heavy atom. The zero-order valence-corrected chi connectivity index (χ0v) is 17.3. The van der Waals surface area contributed by atoms with Crippen LogP contribution in [0.15, 0.2) is 16.7 Å². The summed E-state index contributed by atoms with van der Waals surface area (Å²) >= 11 is 3.26. The topological polar surface area (TPSA) is 135 Å². The van der Waals surface area contributed by atoms with Crippen LogP contribution in [0.4, 0.5) is 10.5 Å². The molecule has 12 heteroatoms. The second-order valence-electron chi connectivity index (χ2n) is 5.86. The van der Waals surface area contributed by atoms with Crippen molar-refractivity contribution in [1.82, 2.24) is 4.98 Å². The second kappa shape index (κ2) is 8.85. The molecule has 0 radical (unpaired) electrons. The van der Waals surface area contributed by atoms with E-state index in [4.69, 9.17) is 8.92 Å². The third-order valence-corrected chi connectivity index (χ3v) is 6.42. The van der Waals surface area contributed by atoms with Crippen molar-refractivity contribution in [3.63, 3.8) is 0 Å². The second-order valence-corrected chi connectivity index (χ2v) is 10.8. The normalized spacial score (nSPS) is 18.9. The Bertz CT molecular complexity index is 748. The van der Waals surface area contributed by atoms with E-state index in [2.05, 4.69) is 26.2 Å². The molecule has 0 aliphatic carbocycles. The van der Waals surface area contributed by atoms with Gasteiger partial charge in [-0.05, 0) is 22.0 Å². The summed E-state index contributed by atoms with van der Waals surface area (Å²) in [6.07, 6.45) is 2.38. The van der Waals surface area contributed by atoms with E-state index in [0.29, 0.717) is 28.7 Å². The monoisotopic (exact) mass is 472 g/mol. The Hall–Kier alpha value is -0.920. The molecule has 1 aliphatic rings. The molecule has 2 rings (SSSR count). The highest BCUT2D eigenvalue weighted by atomic mass is 79.9. The molecule has 0 saturated carbocycles. The first kappa shape index (κ1) is 21.4. The van der Waals surface area contributed by atoms with Crippen molar-refractivity contribution in [2.45, 2.75) is 25.4 Å². The van der Waals surface area contributed by atoms with Gasteiger partial charge in [-0.1, -0.05) is 0 Å². The van der Waals surface area contributed by atoms with Crippen molar-refractivity contribution in [1.29, 1.82) is 0 Å². The van der Waals surface area contributed by atoms with E-state index in [1.165, 1.54) is 6.20 Å². The van der Waals surface area contributed by atoms with Crippen LogP contribution in [0.3, 0.4) is 0 Å². The third kappa shape index (κ3) is 7.37. The van der Waals surface area contributed by atoms with Crippen molar-refractivity contribution in [3.8, 4) is 0 Å². The molecule has 148 valence electrons. The Morgan fingerprint density at radius 1 is 1.42 bits per heavy atom. The number of nitrogens with one attached hydrogen (secondary N) is 1. The number of amides is 1. The molecule has 1 aliphatic heterocycles. The van der Waals surface area contributed by atoms with E-state index >= 15 is 0 Å². The summed E-state index contributed by atoms with van der Waals surface area (Å²) in [5, 5.41) is 2.59. The fraction of sp³-hybridized carbons (Fsp3) is 0.571. The minimum atomic E-state index is -3.56. The minimum Gasteiger partial charge on any atom is -0.446 e. The van der Waals surface area contributed by atoms with Crippen molar-refractivity contribution in [2.75, 3.05) is 29.7 Å². The van der Waals surface area contributed by atoms with Gasteiger partial charge in [0.1, 0.15) is 6.10 Å². The summed E-state index contributed by atoms with van der Waals surface area (Å²) in [5.41, 5.74) is 0.827. The number of carbonyl (C=O) groups is 1. The molecule has 1 aromatic heterocycles. The molecule has 0 aromatic carbocycles. The Balaban J connectivity index is 1.94. The van der Waals surface area contributed by atoms with Gasteiger partial charge in [0, 0.05) is 41.4 Å². The number of ether oxygens (including phenoxy) is 1. The first-order chi connectivity index (χ1) is 12.0. The van der Waals surface area contributed by atoms with Gasteiger partial charge in [0.25, 0.3) is 10.1 Å². The van der Waals surface area contributed by atoms with Crippen molar-refractivity contribution in [3.05, 3.63) is 22.4 Å². The maximum Gasteiger partial charge on any atom is 0.411 e. The van der Waals surface area contributed by atoms with E-state index in [0.717, 1.165) is 6.26 Å². The average molecular weight is 473 g/mol. The molecule has 3 N–H and O–H groups in total. The van der Waals surface area contributed by atoms with E-state index in [1.807, 2.05) is 0 Å². The summed E-state index contributed by atoms with van der Waals surface area (Å²) in [6, 6.07) is 1.63. The molecule has 9 nitrogen and oxygen atoms in total. The number of halogens is 1. The molecule has 0 unspecified atom stereocenters. The highest BCUT2D eigenvalue weighted by Crippen LogP contribution is 2.44. The van der Waals surface area contributed by atoms with E-state index in [-0.39, 0.29) is 30.6 Å². The van der Waals surface area contributed by atoms with Crippen molar-refractivity contribution in [2.24, 2.45) is 0 Å². The molecular weight excluding hydrogens is 452 g/mol. The van der Waals surface area contributed by atoms with Gasteiger partial charge in [-0.2, -0.15) is 19.0 Å². The number of aromatic nitrogens is 1. The van der Waals surface area contributed by atoms with Gasteiger partial charge in [-0.3, -0.25) is 23.6 Å². The molecular formula is C14H21BrN2O7S2. The van der Waals surface area contributed by atoms with Crippen LogP contribution in [0.5, 0.6) is 0 Å². The molecule has 1 aromatic rings. The maximum absolute atomic E-state index is 12.1. The lowest BCUT2D eigenvalue weighted by Gasteiger charge is -2.38. The third-order valence-electron chi connectivity index (χ3n) is 3.62. The summed E-state index contributed by atoms with van der Waals surface area (Å²) in [4.78, 5) is 16.3.